The van der Waals surface area contributed by atoms with Gasteiger partial charge < -0.3 is 9.64 Å². The maximum Gasteiger partial charge on any atom is 0.410 e. The van der Waals surface area contributed by atoms with E-state index in [1.54, 1.807) is 11.1 Å². The van der Waals surface area contributed by atoms with E-state index in [9.17, 15) is 4.79 Å². The van der Waals surface area contributed by atoms with Gasteiger partial charge >= 0.3 is 6.09 Å². The van der Waals surface area contributed by atoms with Gasteiger partial charge in [0.1, 0.15) is 5.60 Å². The molecule has 1 aliphatic rings. The van der Waals surface area contributed by atoms with Crippen molar-refractivity contribution in [1.29, 1.82) is 0 Å². The zero-order chi connectivity index (χ0) is 16.4. The van der Waals surface area contributed by atoms with Crippen molar-refractivity contribution in [3.05, 3.63) is 48.3 Å². The van der Waals surface area contributed by atoms with Crippen LogP contribution in [0.1, 0.15) is 32.4 Å². The molecule has 1 aliphatic heterocycles. The van der Waals surface area contributed by atoms with Crippen molar-refractivity contribution in [3.8, 4) is 11.4 Å². The molecule has 0 unspecified atom stereocenters. The second-order valence-electron chi connectivity index (χ2n) is 6.75. The molecule has 0 saturated carbocycles. The Morgan fingerprint density at radius 3 is 2.52 bits per heavy atom. The van der Waals surface area contributed by atoms with Crippen LogP contribution in [0.15, 0.2) is 42.6 Å². The standard InChI is InChI=1S/C18H21N3O2/c1-18(2,3)23-17(22)21-11-14(12-21)15-9-10-19-16(20-15)13-7-5-4-6-8-13/h4-10,14H,11-12H2,1-3H3. The van der Waals surface area contributed by atoms with E-state index in [1.165, 1.54) is 0 Å². The summed E-state index contributed by atoms with van der Waals surface area (Å²) >= 11 is 0. The third-order valence-corrected chi connectivity index (χ3v) is 3.66. The van der Waals surface area contributed by atoms with Crippen molar-refractivity contribution in [1.82, 2.24) is 14.9 Å². The van der Waals surface area contributed by atoms with Crippen LogP contribution in [0.3, 0.4) is 0 Å². The minimum atomic E-state index is -0.461. The fraction of sp³-hybridized carbons (Fsp3) is 0.389. The monoisotopic (exact) mass is 311 g/mol. The average Bonchev–Trinajstić information content (AvgIpc) is 2.45. The molecule has 0 bridgehead atoms. The number of hydrogen-bond donors (Lipinski definition) is 0. The van der Waals surface area contributed by atoms with E-state index in [0.717, 1.165) is 17.1 Å². The highest BCUT2D eigenvalue weighted by atomic mass is 16.6. The van der Waals surface area contributed by atoms with Gasteiger partial charge in [0.15, 0.2) is 5.82 Å². The largest absolute Gasteiger partial charge is 0.444 e. The number of nitrogens with zero attached hydrogens (tertiary/aromatic N) is 3. The first-order chi connectivity index (χ1) is 10.9. The average molecular weight is 311 g/mol. The Balaban J connectivity index is 1.65. The lowest BCUT2D eigenvalue weighted by molar-refractivity contribution is 0.00788. The topological polar surface area (TPSA) is 55.3 Å². The zero-order valence-corrected chi connectivity index (χ0v) is 13.7. The van der Waals surface area contributed by atoms with Gasteiger partial charge in [-0.1, -0.05) is 30.3 Å². The maximum atomic E-state index is 12.0. The molecule has 1 aromatic heterocycles. The molecular formula is C18H21N3O2. The summed E-state index contributed by atoms with van der Waals surface area (Å²) < 4.78 is 5.37. The summed E-state index contributed by atoms with van der Waals surface area (Å²) in [6, 6.07) is 11.8. The zero-order valence-electron chi connectivity index (χ0n) is 13.7. The smallest absolute Gasteiger partial charge is 0.410 e. The number of carbonyl (C=O) groups is 1. The third kappa shape index (κ3) is 3.67. The van der Waals surface area contributed by atoms with Crippen molar-refractivity contribution in [2.45, 2.75) is 32.3 Å². The number of carbonyl (C=O) groups excluding carboxylic acids is 1. The molecule has 0 aliphatic carbocycles. The van der Waals surface area contributed by atoms with E-state index in [-0.39, 0.29) is 12.0 Å². The number of likely N-dealkylation sites (tertiary alicyclic amines) is 1. The minimum absolute atomic E-state index is 0.244. The second-order valence-corrected chi connectivity index (χ2v) is 6.75. The van der Waals surface area contributed by atoms with Crippen LogP contribution in [-0.2, 0) is 4.74 Å². The Labute approximate surface area is 136 Å². The first-order valence-electron chi connectivity index (χ1n) is 7.79. The van der Waals surface area contributed by atoms with Gasteiger partial charge in [-0.25, -0.2) is 14.8 Å². The van der Waals surface area contributed by atoms with Crippen LogP contribution >= 0.6 is 0 Å². The highest BCUT2D eigenvalue weighted by Crippen LogP contribution is 2.28. The van der Waals surface area contributed by atoms with Crippen LogP contribution < -0.4 is 0 Å². The van der Waals surface area contributed by atoms with Crippen molar-refractivity contribution in [3.63, 3.8) is 0 Å². The van der Waals surface area contributed by atoms with E-state index >= 15 is 0 Å². The Bertz CT molecular complexity index is 689. The highest BCUT2D eigenvalue weighted by molar-refractivity contribution is 5.69. The molecule has 1 saturated heterocycles. The molecule has 0 radical (unpaired) electrons. The molecule has 120 valence electrons. The van der Waals surface area contributed by atoms with Crippen molar-refractivity contribution < 1.29 is 9.53 Å². The van der Waals surface area contributed by atoms with Crippen LogP contribution in [0, 0.1) is 0 Å². The van der Waals surface area contributed by atoms with E-state index in [4.69, 9.17) is 4.74 Å². The second kappa shape index (κ2) is 5.99. The van der Waals surface area contributed by atoms with Gasteiger partial charge in [-0.3, -0.25) is 0 Å². The first-order valence-corrected chi connectivity index (χ1v) is 7.79. The molecule has 0 N–H and O–H groups in total. The fourth-order valence-corrected chi connectivity index (χ4v) is 2.47. The van der Waals surface area contributed by atoms with E-state index < -0.39 is 5.60 Å². The van der Waals surface area contributed by atoms with Crippen LogP contribution in [0.2, 0.25) is 0 Å². The van der Waals surface area contributed by atoms with Crippen LogP contribution in [-0.4, -0.2) is 39.7 Å². The number of rotatable bonds is 2. The molecular weight excluding hydrogens is 290 g/mol. The molecule has 1 aromatic carbocycles. The van der Waals surface area contributed by atoms with Crippen molar-refractivity contribution >= 4 is 6.09 Å². The summed E-state index contributed by atoms with van der Waals surface area (Å²) in [7, 11) is 0. The molecule has 3 rings (SSSR count). The molecule has 2 aromatic rings. The summed E-state index contributed by atoms with van der Waals surface area (Å²) in [5, 5.41) is 0. The molecule has 5 nitrogen and oxygen atoms in total. The maximum absolute atomic E-state index is 12.0. The molecule has 0 atom stereocenters. The molecule has 23 heavy (non-hydrogen) atoms. The quantitative estimate of drug-likeness (QED) is 0.852. The van der Waals surface area contributed by atoms with Gasteiger partial charge in [0.05, 0.1) is 5.69 Å². The number of ether oxygens (including phenoxy) is 1. The first kappa shape index (κ1) is 15.5. The predicted octanol–water partition coefficient (Wildman–Crippen LogP) is 3.48. The summed E-state index contributed by atoms with van der Waals surface area (Å²) in [6.07, 6.45) is 1.52. The van der Waals surface area contributed by atoms with Crippen LogP contribution in [0.4, 0.5) is 4.79 Å². The van der Waals surface area contributed by atoms with Crippen molar-refractivity contribution in [2.75, 3.05) is 13.1 Å². The Hall–Kier alpha value is -2.43. The van der Waals surface area contributed by atoms with Gasteiger partial charge in [-0.05, 0) is 26.8 Å². The molecule has 1 fully saturated rings. The SMILES string of the molecule is CC(C)(C)OC(=O)N1CC(c2ccnc(-c3ccccc3)n2)C1. The van der Waals surface area contributed by atoms with Crippen molar-refractivity contribution in [2.24, 2.45) is 0 Å². The molecule has 2 heterocycles. The summed E-state index contributed by atoms with van der Waals surface area (Å²) in [5.74, 6) is 0.965. The lowest BCUT2D eigenvalue weighted by Gasteiger charge is -2.39. The van der Waals surface area contributed by atoms with E-state index in [2.05, 4.69) is 9.97 Å². The molecule has 1 amide bonds. The Morgan fingerprint density at radius 2 is 1.87 bits per heavy atom. The number of benzene rings is 1. The number of aromatic nitrogens is 2. The summed E-state index contributed by atoms with van der Waals surface area (Å²) in [5.41, 5.74) is 1.51. The molecule has 0 spiro atoms. The van der Waals surface area contributed by atoms with Crippen LogP contribution in [0.25, 0.3) is 11.4 Å². The van der Waals surface area contributed by atoms with Gasteiger partial charge in [0, 0.05) is 30.8 Å². The Morgan fingerprint density at radius 1 is 1.17 bits per heavy atom. The summed E-state index contributed by atoms with van der Waals surface area (Å²) in [4.78, 5) is 22.7. The van der Waals surface area contributed by atoms with Gasteiger partial charge in [-0.15, -0.1) is 0 Å². The Kier molecular flexibility index (Phi) is 4.03. The van der Waals surface area contributed by atoms with Gasteiger partial charge in [-0.2, -0.15) is 0 Å². The fourth-order valence-electron chi connectivity index (χ4n) is 2.47. The third-order valence-electron chi connectivity index (χ3n) is 3.66. The van der Waals surface area contributed by atoms with Crippen LogP contribution in [0.5, 0.6) is 0 Å². The molecule has 5 heteroatoms. The normalized spacial score (nSPS) is 15.2. The van der Waals surface area contributed by atoms with Gasteiger partial charge in [0.25, 0.3) is 0 Å². The number of hydrogen-bond acceptors (Lipinski definition) is 4. The minimum Gasteiger partial charge on any atom is -0.444 e. The van der Waals surface area contributed by atoms with E-state index in [0.29, 0.717) is 13.1 Å². The lowest BCUT2D eigenvalue weighted by atomic mass is 9.96. The number of amides is 1. The van der Waals surface area contributed by atoms with Gasteiger partial charge in [0.2, 0.25) is 0 Å². The highest BCUT2D eigenvalue weighted by Gasteiger charge is 2.35. The predicted molar refractivity (Wildman–Crippen MR) is 88.0 cm³/mol. The summed E-state index contributed by atoms with van der Waals surface area (Å²) in [6.45, 7) is 6.90. The lowest BCUT2D eigenvalue weighted by Crippen LogP contribution is -2.50. The van der Waals surface area contributed by atoms with E-state index in [1.807, 2.05) is 57.2 Å².